The molecule has 0 aliphatic carbocycles. The Labute approximate surface area is 148 Å². The van der Waals surface area contributed by atoms with E-state index in [0.29, 0.717) is 24.7 Å². The number of carbonyl (C=O) groups excluding carboxylic acids is 1. The van der Waals surface area contributed by atoms with Crippen molar-refractivity contribution >= 4 is 17.5 Å². The molecule has 0 aromatic heterocycles. The van der Waals surface area contributed by atoms with Crippen molar-refractivity contribution in [2.75, 3.05) is 32.8 Å². The number of amides is 1. The summed E-state index contributed by atoms with van der Waals surface area (Å²) in [4.78, 5) is 14.5. The fourth-order valence-electron chi connectivity index (χ4n) is 3.28. The average molecular weight is 353 g/mol. The molecule has 2 fully saturated rings. The molecule has 1 amide bonds. The molecule has 0 saturated carbocycles. The summed E-state index contributed by atoms with van der Waals surface area (Å²) in [6.45, 7) is 4.97. The topological polar surface area (TPSA) is 50.8 Å². The number of rotatable bonds is 5. The Kier molecular flexibility index (Phi) is 6.11. The van der Waals surface area contributed by atoms with Crippen LogP contribution >= 0.6 is 11.6 Å². The van der Waals surface area contributed by atoms with Crippen LogP contribution < -0.4 is 5.32 Å². The molecule has 6 heteroatoms. The maximum absolute atomic E-state index is 12.6. The predicted octanol–water partition coefficient (Wildman–Crippen LogP) is 2.40. The minimum absolute atomic E-state index is 0.0702. The monoisotopic (exact) mass is 352 g/mol. The Morgan fingerprint density at radius 1 is 1.38 bits per heavy atom. The van der Waals surface area contributed by atoms with Crippen molar-refractivity contribution in [3.63, 3.8) is 0 Å². The van der Waals surface area contributed by atoms with Gasteiger partial charge < -0.3 is 19.7 Å². The fourth-order valence-corrected chi connectivity index (χ4v) is 3.53. The highest BCUT2D eigenvalue weighted by molar-refractivity contribution is 6.31. The van der Waals surface area contributed by atoms with Gasteiger partial charge >= 0.3 is 0 Å². The number of benzene rings is 1. The van der Waals surface area contributed by atoms with Crippen LogP contribution in [0.1, 0.15) is 31.4 Å². The van der Waals surface area contributed by atoms with Crippen molar-refractivity contribution in [3.05, 3.63) is 34.9 Å². The zero-order valence-electron chi connectivity index (χ0n) is 14.0. The summed E-state index contributed by atoms with van der Waals surface area (Å²) >= 11 is 6.27. The first-order chi connectivity index (χ1) is 11.6. The summed E-state index contributed by atoms with van der Waals surface area (Å²) in [5, 5.41) is 3.91. The van der Waals surface area contributed by atoms with E-state index in [-0.39, 0.29) is 24.2 Å². The highest BCUT2D eigenvalue weighted by Crippen LogP contribution is 2.29. The Bertz CT molecular complexity index is 563. The molecule has 5 nitrogen and oxygen atoms in total. The smallest absolute Gasteiger partial charge is 0.236 e. The minimum atomic E-state index is -0.169. The van der Waals surface area contributed by atoms with Crippen molar-refractivity contribution in [3.8, 4) is 0 Å². The molecule has 24 heavy (non-hydrogen) atoms. The van der Waals surface area contributed by atoms with Crippen molar-refractivity contribution < 1.29 is 14.3 Å². The van der Waals surface area contributed by atoms with E-state index in [0.717, 1.165) is 31.6 Å². The van der Waals surface area contributed by atoms with Crippen molar-refractivity contribution in [1.82, 2.24) is 10.2 Å². The van der Waals surface area contributed by atoms with Gasteiger partial charge in [0, 0.05) is 23.7 Å². The largest absolute Gasteiger partial charge is 0.377 e. The molecule has 3 rings (SSSR count). The second-order valence-electron chi connectivity index (χ2n) is 6.50. The molecule has 1 aromatic carbocycles. The van der Waals surface area contributed by atoms with Gasteiger partial charge in [0.15, 0.2) is 0 Å². The number of hydrogen-bond acceptors (Lipinski definition) is 4. The standard InChI is InChI=1S/C18H25ClN2O3/c1-13-12-24-17(15-6-2-3-7-16(15)19)11-21(13)18(22)10-20-9-14-5-4-8-23-14/h2-3,6-7,13-14,17,20H,4-5,8-12H2,1H3/t13-,14+,17-/m1/s1. The molecular weight excluding hydrogens is 328 g/mol. The third kappa shape index (κ3) is 4.28. The quantitative estimate of drug-likeness (QED) is 0.884. The lowest BCUT2D eigenvalue weighted by atomic mass is 10.1. The molecule has 0 bridgehead atoms. The van der Waals surface area contributed by atoms with E-state index in [1.54, 1.807) is 0 Å². The molecule has 132 valence electrons. The summed E-state index contributed by atoms with van der Waals surface area (Å²) in [6, 6.07) is 7.72. The van der Waals surface area contributed by atoms with Gasteiger partial charge in [0.25, 0.3) is 0 Å². The lowest BCUT2D eigenvalue weighted by Crippen LogP contribution is -2.51. The first-order valence-electron chi connectivity index (χ1n) is 8.63. The maximum Gasteiger partial charge on any atom is 0.236 e. The Morgan fingerprint density at radius 3 is 2.96 bits per heavy atom. The number of hydrogen-bond donors (Lipinski definition) is 1. The van der Waals surface area contributed by atoms with Gasteiger partial charge in [0.1, 0.15) is 6.10 Å². The lowest BCUT2D eigenvalue weighted by molar-refractivity contribution is -0.143. The summed E-state index contributed by atoms with van der Waals surface area (Å²) in [5.74, 6) is 0.0980. The first kappa shape index (κ1) is 17.7. The van der Waals surface area contributed by atoms with Crippen LogP contribution in [-0.2, 0) is 14.3 Å². The van der Waals surface area contributed by atoms with Crippen LogP contribution in [0.2, 0.25) is 5.02 Å². The van der Waals surface area contributed by atoms with Gasteiger partial charge in [-0.1, -0.05) is 29.8 Å². The second-order valence-corrected chi connectivity index (χ2v) is 6.91. The van der Waals surface area contributed by atoms with Crippen LogP contribution in [0.25, 0.3) is 0 Å². The van der Waals surface area contributed by atoms with Crippen LogP contribution in [0.4, 0.5) is 0 Å². The van der Waals surface area contributed by atoms with E-state index in [4.69, 9.17) is 21.1 Å². The third-order valence-electron chi connectivity index (χ3n) is 4.68. The number of nitrogens with one attached hydrogen (secondary N) is 1. The zero-order chi connectivity index (χ0) is 16.9. The van der Waals surface area contributed by atoms with Gasteiger partial charge in [-0.3, -0.25) is 4.79 Å². The molecule has 2 saturated heterocycles. The minimum Gasteiger partial charge on any atom is -0.377 e. The molecule has 3 atom stereocenters. The number of carbonyl (C=O) groups is 1. The molecule has 2 aliphatic rings. The SMILES string of the molecule is C[C@@H]1CO[C@@H](c2ccccc2Cl)CN1C(=O)CNC[C@@H]1CCCO1. The molecular formula is C18H25ClN2O3. The Hall–Kier alpha value is -1.14. The van der Waals surface area contributed by atoms with E-state index in [9.17, 15) is 4.79 Å². The van der Waals surface area contributed by atoms with Gasteiger partial charge in [-0.05, 0) is 25.8 Å². The summed E-state index contributed by atoms with van der Waals surface area (Å²) in [6.07, 6.45) is 2.26. The third-order valence-corrected chi connectivity index (χ3v) is 5.02. The van der Waals surface area contributed by atoms with Crippen molar-refractivity contribution in [2.24, 2.45) is 0 Å². The fraction of sp³-hybridized carbons (Fsp3) is 0.611. The van der Waals surface area contributed by atoms with Crippen LogP contribution in [0.3, 0.4) is 0 Å². The number of halogens is 1. The van der Waals surface area contributed by atoms with Crippen LogP contribution in [0.15, 0.2) is 24.3 Å². The lowest BCUT2D eigenvalue weighted by Gasteiger charge is -2.38. The maximum atomic E-state index is 12.6. The van der Waals surface area contributed by atoms with E-state index >= 15 is 0 Å². The van der Waals surface area contributed by atoms with E-state index in [1.165, 1.54) is 0 Å². The highest BCUT2D eigenvalue weighted by Gasteiger charge is 2.31. The molecule has 0 spiro atoms. The Balaban J connectivity index is 1.55. The summed E-state index contributed by atoms with van der Waals surface area (Å²) < 4.78 is 11.5. The average Bonchev–Trinajstić information content (AvgIpc) is 3.09. The van der Waals surface area contributed by atoms with Gasteiger partial charge in [-0.2, -0.15) is 0 Å². The summed E-state index contributed by atoms with van der Waals surface area (Å²) in [5.41, 5.74) is 0.941. The zero-order valence-corrected chi connectivity index (χ0v) is 14.8. The molecule has 2 heterocycles. The van der Waals surface area contributed by atoms with E-state index < -0.39 is 0 Å². The molecule has 1 aromatic rings. The van der Waals surface area contributed by atoms with Crippen LogP contribution in [0.5, 0.6) is 0 Å². The van der Waals surface area contributed by atoms with E-state index in [1.807, 2.05) is 36.1 Å². The molecule has 0 unspecified atom stereocenters. The molecule has 0 radical (unpaired) electrons. The van der Waals surface area contributed by atoms with Crippen molar-refractivity contribution in [1.29, 1.82) is 0 Å². The van der Waals surface area contributed by atoms with Gasteiger partial charge in [0.05, 0.1) is 31.8 Å². The normalized spacial score (nSPS) is 27.4. The van der Waals surface area contributed by atoms with Gasteiger partial charge in [0.2, 0.25) is 5.91 Å². The Morgan fingerprint density at radius 2 is 2.21 bits per heavy atom. The van der Waals surface area contributed by atoms with Crippen LogP contribution in [0, 0.1) is 0 Å². The highest BCUT2D eigenvalue weighted by atomic mass is 35.5. The van der Waals surface area contributed by atoms with Gasteiger partial charge in [-0.15, -0.1) is 0 Å². The van der Waals surface area contributed by atoms with E-state index in [2.05, 4.69) is 5.32 Å². The number of nitrogens with zero attached hydrogens (tertiary/aromatic N) is 1. The predicted molar refractivity (Wildman–Crippen MR) is 93.2 cm³/mol. The first-order valence-corrected chi connectivity index (χ1v) is 9.00. The molecule has 1 N–H and O–H groups in total. The van der Waals surface area contributed by atoms with Gasteiger partial charge in [-0.25, -0.2) is 0 Å². The number of ether oxygens (including phenoxy) is 2. The molecule has 2 aliphatic heterocycles. The second kappa shape index (κ2) is 8.30. The van der Waals surface area contributed by atoms with Crippen LogP contribution in [-0.4, -0.2) is 55.8 Å². The van der Waals surface area contributed by atoms with Crippen molar-refractivity contribution in [2.45, 2.75) is 38.0 Å². The number of morpholine rings is 1. The summed E-state index contributed by atoms with van der Waals surface area (Å²) in [7, 11) is 0.